The van der Waals surface area contributed by atoms with Crippen molar-refractivity contribution in [3.63, 3.8) is 0 Å². The van der Waals surface area contributed by atoms with Crippen molar-refractivity contribution in [1.82, 2.24) is 5.32 Å². The molecule has 0 aliphatic heterocycles. The molecule has 3 nitrogen and oxygen atoms in total. The van der Waals surface area contributed by atoms with Gasteiger partial charge in [0.05, 0.1) is 6.54 Å². The Hall–Kier alpha value is 3.43. The van der Waals surface area contributed by atoms with Crippen LogP contribution in [0.15, 0.2) is 0 Å². The summed E-state index contributed by atoms with van der Waals surface area (Å²) in [5, 5.41) is 10.3. The molecule has 10 heavy (non-hydrogen) atoms. The summed E-state index contributed by atoms with van der Waals surface area (Å²) in [6, 6.07) is 0. The summed E-state index contributed by atoms with van der Waals surface area (Å²) in [5.74, 6) is -0.822. The van der Waals surface area contributed by atoms with Gasteiger partial charge in [0.2, 0.25) is 0 Å². The van der Waals surface area contributed by atoms with Gasteiger partial charge in [-0.3, -0.25) is 4.79 Å². The topological polar surface area (TPSA) is 49.3 Å². The number of hydrogen-bond donors (Lipinski definition) is 2. The maximum Gasteiger partial charge on any atom is 1.00 e. The van der Waals surface area contributed by atoms with E-state index in [2.05, 4.69) is 5.32 Å². The van der Waals surface area contributed by atoms with Crippen molar-refractivity contribution in [2.45, 2.75) is 0 Å². The zero-order valence-corrected chi connectivity index (χ0v) is 15.6. The molecule has 0 bridgehead atoms. The van der Waals surface area contributed by atoms with Crippen LogP contribution in [-0.4, -0.2) is 24.7 Å². The van der Waals surface area contributed by atoms with Gasteiger partial charge >= 0.3 is 124 Å². The van der Waals surface area contributed by atoms with Crippen molar-refractivity contribution in [1.29, 1.82) is 0 Å². The molecule has 0 aromatic rings. The standard InChI is InChI=1S/C3H7NO2.4Na.4H/c1-4-2-3(5)6;;;;;;;;/h4H,2H2,1H3,(H,5,6);;;;;;;;/q;4*+1;4*-1. The van der Waals surface area contributed by atoms with E-state index in [1.165, 1.54) is 0 Å². The largest absolute Gasteiger partial charge is 1.00 e. The molecule has 0 radical (unpaired) electrons. The molecule has 0 heterocycles. The third-order valence-corrected chi connectivity index (χ3v) is 0.328. The van der Waals surface area contributed by atoms with E-state index in [-0.39, 0.29) is 130 Å². The predicted octanol–water partition coefficient (Wildman–Crippen LogP) is -12.2. The van der Waals surface area contributed by atoms with Gasteiger partial charge < -0.3 is 16.1 Å². The minimum atomic E-state index is -0.822. The first-order chi connectivity index (χ1) is 2.77. The van der Waals surface area contributed by atoms with Crippen molar-refractivity contribution in [3.8, 4) is 0 Å². The Morgan fingerprint density at radius 1 is 1.40 bits per heavy atom. The molecule has 0 aliphatic rings. The third kappa shape index (κ3) is 30.1. The maximum absolute atomic E-state index is 9.54. The van der Waals surface area contributed by atoms with Crippen LogP contribution >= 0.6 is 0 Å². The van der Waals surface area contributed by atoms with Gasteiger partial charge in [-0.25, -0.2) is 0 Å². The first-order valence-electron chi connectivity index (χ1n) is 1.63. The molecule has 0 amide bonds. The number of aliphatic carboxylic acids is 1. The van der Waals surface area contributed by atoms with Crippen molar-refractivity contribution in [2.24, 2.45) is 0 Å². The van der Waals surface area contributed by atoms with Crippen LogP contribution in [-0.2, 0) is 4.79 Å². The Balaban J connectivity index is -0.00000000446. The monoisotopic (exact) mass is 185 g/mol. The maximum atomic E-state index is 9.54. The molecular formula is C3H11NNa4O2. The first kappa shape index (κ1) is 29.2. The van der Waals surface area contributed by atoms with Crippen LogP contribution in [0.2, 0.25) is 0 Å². The van der Waals surface area contributed by atoms with E-state index in [1.54, 1.807) is 7.05 Å². The molecule has 0 spiro atoms. The smallest absolute Gasteiger partial charge is 1.00 e. The van der Waals surface area contributed by atoms with Gasteiger partial charge in [0, 0.05) is 0 Å². The molecule has 44 valence electrons. The quantitative estimate of drug-likeness (QED) is 0.420. The minimum Gasteiger partial charge on any atom is -1.00 e. The van der Waals surface area contributed by atoms with Gasteiger partial charge in [0.15, 0.2) is 0 Å². The van der Waals surface area contributed by atoms with Gasteiger partial charge in [-0.05, 0) is 7.05 Å². The van der Waals surface area contributed by atoms with Crippen molar-refractivity contribution < 1.29 is 134 Å². The van der Waals surface area contributed by atoms with E-state index in [4.69, 9.17) is 5.11 Å². The van der Waals surface area contributed by atoms with Crippen LogP contribution < -0.4 is 124 Å². The van der Waals surface area contributed by atoms with E-state index >= 15 is 0 Å². The van der Waals surface area contributed by atoms with Crippen LogP contribution in [0.4, 0.5) is 0 Å². The van der Waals surface area contributed by atoms with E-state index in [0.717, 1.165) is 0 Å². The second-order valence-electron chi connectivity index (χ2n) is 0.924. The average molecular weight is 185 g/mol. The first-order valence-corrected chi connectivity index (χ1v) is 1.63. The van der Waals surface area contributed by atoms with Gasteiger partial charge in [-0.15, -0.1) is 0 Å². The van der Waals surface area contributed by atoms with Gasteiger partial charge in [0.1, 0.15) is 0 Å². The SMILES string of the molecule is CNCC(=O)O.[H-].[H-].[H-].[H-].[Na+].[Na+].[Na+].[Na+]. The van der Waals surface area contributed by atoms with Crippen molar-refractivity contribution in [3.05, 3.63) is 0 Å². The molecule has 0 atom stereocenters. The molecule has 0 aromatic heterocycles. The number of carboxylic acid groups (broad SMARTS) is 1. The van der Waals surface area contributed by atoms with E-state index in [1.807, 2.05) is 0 Å². The number of likely N-dealkylation sites (N-methyl/N-ethyl adjacent to an activating group) is 1. The second-order valence-corrected chi connectivity index (χ2v) is 0.924. The van der Waals surface area contributed by atoms with Crippen LogP contribution in [0, 0.1) is 0 Å². The molecule has 0 aliphatic carbocycles. The molecule has 7 heteroatoms. The molecular weight excluding hydrogens is 174 g/mol. The van der Waals surface area contributed by atoms with Crippen molar-refractivity contribution in [2.75, 3.05) is 13.6 Å². The summed E-state index contributed by atoms with van der Waals surface area (Å²) in [6.45, 7) is 0.0417. The van der Waals surface area contributed by atoms with E-state index in [9.17, 15) is 4.79 Å². The number of hydrogen-bond acceptors (Lipinski definition) is 2. The molecule has 0 rings (SSSR count). The second kappa shape index (κ2) is 22.9. The Bertz CT molecular complexity index is 74.5. The zero-order valence-electron chi connectivity index (χ0n) is 11.6. The van der Waals surface area contributed by atoms with Crippen LogP contribution in [0.25, 0.3) is 0 Å². The fourth-order valence-electron chi connectivity index (χ4n) is 0.151. The number of carboxylic acids is 1. The predicted molar refractivity (Wildman–Crippen MR) is 26.0 cm³/mol. The van der Waals surface area contributed by atoms with E-state index in [0.29, 0.717) is 0 Å². The zero-order chi connectivity index (χ0) is 4.99. The fraction of sp³-hybridized carbons (Fsp3) is 0.667. The summed E-state index contributed by atoms with van der Waals surface area (Å²) in [7, 11) is 1.59. The summed E-state index contributed by atoms with van der Waals surface area (Å²) < 4.78 is 0. The Labute approximate surface area is 156 Å². The molecule has 0 saturated heterocycles. The van der Waals surface area contributed by atoms with Crippen LogP contribution in [0.3, 0.4) is 0 Å². The Morgan fingerprint density at radius 3 is 1.70 bits per heavy atom. The minimum absolute atomic E-state index is 0. The molecule has 0 fully saturated rings. The molecule has 0 unspecified atom stereocenters. The van der Waals surface area contributed by atoms with Crippen LogP contribution in [0.5, 0.6) is 0 Å². The third-order valence-electron chi connectivity index (χ3n) is 0.328. The van der Waals surface area contributed by atoms with Gasteiger partial charge in [-0.2, -0.15) is 0 Å². The Kier molecular flexibility index (Phi) is 66.7. The summed E-state index contributed by atoms with van der Waals surface area (Å²) >= 11 is 0. The molecule has 2 N–H and O–H groups in total. The molecule has 0 aromatic carbocycles. The number of rotatable bonds is 2. The average Bonchev–Trinajstić information content (AvgIpc) is 1.35. The summed E-state index contributed by atoms with van der Waals surface area (Å²) in [6.07, 6.45) is 0. The number of carbonyl (C=O) groups is 1. The normalized spacial score (nSPS) is 4.90. The summed E-state index contributed by atoms with van der Waals surface area (Å²) in [4.78, 5) is 9.54. The van der Waals surface area contributed by atoms with Crippen LogP contribution in [0.1, 0.15) is 5.71 Å². The van der Waals surface area contributed by atoms with Crippen molar-refractivity contribution >= 4 is 5.97 Å². The Morgan fingerprint density at radius 2 is 1.70 bits per heavy atom. The number of nitrogens with one attached hydrogen (secondary N) is 1. The summed E-state index contributed by atoms with van der Waals surface area (Å²) in [5.41, 5.74) is 0. The van der Waals surface area contributed by atoms with Gasteiger partial charge in [-0.1, -0.05) is 0 Å². The fourth-order valence-corrected chi connectivity index (χ4v) is 0.151. The van der Waals surface area contributed by atoms with Gasteiger partial charge in [0.25, 0.3) is 0 Å². The molecule has 0 saturated carbocycles. The van der Waals surface area contributed by atoms with E-state index < -0.39 is 5.97 Å².